The number of hydrogen-bond acceptors (Lipinski definition) is 5. The molecular formula is C28H42FN5O3S. The number of nitrogens with one attached hydrogen (secondary N) is 1. The van der Waals surface area contributed by atoms with Gasteiger partial charge in [-0.1, -0.05) is 44.2 Å². The van der Waals surface area contributed by atoms with Gasteiger partial charge >= 0.3 is 10.2 Å². The molecule has 1 saturated heterocycles. The summed E-state index contributed by atoms with van der Waals surface area (Å²) in [4.78, 5) is 19.5. The summed E-state index contributed by atoms with van der Waals surface area (Å²) in [6.45, 7) is 12.0. The Morgan fingerprint density at radius 1 is 0.974 bits per heavy atom. The fourth-order valence-electron chi connectivity index (χ4n) is 4.88. The third kappa shape index (κ3) is 7.03. The van der Waals surface area contributed by atoms with E-state index < -0.39 is 16.0 Å². The quantitative estimate of drug-likeness (QED) is 0.410. The molecule has 3 rings (SSSR count). The van der Waals surface area contributed by atoms with Crippen LogP contribution in [0.5, 0.6) is 0 Å². The Balaban J connectivity index is 1.78. The lowest BCUT2D eigenvalue weighted by Gasteiger charge is -2.41. The van der Waals surface area contributed by atoms with Crippen LogP contribution in [0.25, 0.3) is 0 Å². The second-order valence-electron chi connectivity index (χ2n) is 9.45. The Kier molecular flexibility index (Phi) is 10.9. The molecule has 210 valence electrons. The predicted molar refractivity (Wildman–Crippen MR) is 152 cm³/mol. The van der Waals surface area contributed by atoms with E-state index in [4.69, 9.17) is 0 Å². The Morgan fingerprint density at radius 3 is 2.18 bits per heavy atom. The SMILES string of the molecule is CCCNS(=O)(=O)N(CCC)c1ccc(N2CCN(C(C(=O)N(CC)CC)c3ccccc3)CC2)c(F)c1. The van der Waals surface area contributed by atoms with Gasteiger partial charge < -0.3 is 9.80 Å². The number of nitrogens with zero attached hydrogens (tertiary/aromatic N) is 4. The monoisotopic (exact) mass is 547 g/mol. The summed E-state index contributed by atoms with van der Waals surface area (Å²) < 4.78 is 44.7. The van der Waals surface area contributed by atoms with E-state index in [0.29, 0.717) is 70.0 Å². The third-order valence-corrected chi connectivity index (χ3v) is 8.46. The largest absolute Gasteiger partial charge is 0.367 e. The number of halogens is 1. The number of rotatable bonds is 13. The minimum absolute atomic E-state index is 0.0825. The topological polar surface area (TPSA) is 76.2 Å². The molecule has 1 amide bonds. The molecule has 0 saturated carbocycles. The van der Waals surface area contributed by atoms with E-state index in [1.807, 2.05) is 67.8 Å². The summed E-state index contributed by atoms with van der Waals surface area (Å²) in [5, 5.41) is 0. The maximum Gasteiger partial charge on any atom is 0.301 e. The molecule has 0 bridgehead atoms. The summed E-state index contributed by atoms with van der Waals surface area (Å²) >= 11 is 0. The van der Waals surface area contributed by atoms with Crippen molar-refractivity contribution < 1.29 is 17.6 Å². The predicted octanol–water partition coefficient (Wildman–Crippen LogP) is 4.02. The lowest BCUT2D eigenvalue weighted by molar-refractivity contribution is -0.137. The number of amides is 1. The van der Waals surface area contributed by atoms with Gasteiger partial charge in [0, 0.05) is 58.4 Å². The van der Waals surface area contributed by atoms with Crippen LogP contribution in [0.1, 0.15) is 52.1 Å². The standard InChI is InChI=1S/C28H42FN5O3S/c1-5-16-30-38(36,37)34(17-6-2)24-14-15-26(25(29)22-24)32-18-20-33(21-19-32)27(23-12-10-9-11-13-23)28(35)31(7-3)8-4/h9-15,22,27,30H,5-8,16-21H2,1-4H3. The number of benzene rings is 2. The lowest BCUT2D eigenvalue weighted by atomic mass is 10.0. The van der Waals surface area contributed by atoms with E-state index in [1.54, 1.807) is 12.1 Å². The third-order valence-electron chi connectivity index (χ3n) is 6.91. The van der Waals surface area contributed by atoms with Crippen LogP contribution in [-0.2, 0) is 15.0 Å². The van der Waals surface area contributed by atoms with Crippen molar-refractivity contribution in [2.75, 3.05) is 61.6 Å². The fraction of sp³-hybridized carbons (Fsp3) is 0.536. The zero-order valence-corrected chi connectivity index (χ0v) is 23.9. The fourth-order valence-corrected chi connectivity index (χ4v) is 6.31. The molecule has 1 N–H and O–H groups in total. The van der Waals surface area contributed by atoms with E-state index in [1.165, 1.54) is 10.4 Å². The second kappa shape index (κ2) is 13.9. The number of carbonyl (C=O) groups is 1. The number of anilines is 2. The molecule has 1 aliphatic heterocycles. The molecule has 2 aromatic rings. The van der Waals surface area contributed by atoms with E-state index in [9.17, 15) is 13.2 Å². The maximum absolute atomic E-state index is 15.4. The van der Waals surface area contributed by atoms with Crippen molar-refractivity contribution in [2.24, 2.45) is 0 Å². The highest BCUT2D eigenvalue weighted by Gasteiger charge is 2.33. The normalized spacial score (nSPS) is 15.3. The van der Waals surface area contributed by atoms with Crippen molar-refractivity contribution in [3.63, 3.8) is 0 Å². The summed E-state index contributed by atoms with van der Waals surface area (Å²) in [5.41, 5.74) is 1.71. The van der Waals surface area contributed by atoms with Gasteiger partial charge in [0.15, 0.2) is 0 Å². The van der Waals surface area contributed by atoms with E-state index in [2.05, 4.69) is 9.62 Å². The van der Waals surface area contributed by atoms with Gasteiger partial charge in [-0.25, -0.2) is 4.39 Å². The molecule has 1 heterocycles. The Labute approximate surface area is 227 Å². The zero-order chi connectivity index (χ0) is 27.7. The number of hydrogen-bond donors (Lipinski definition) is 1. The Morgan fingerprint density at radius 2 is 1.63 bits per heavy atom. The zero-order valence-electron chi connectivity index (χ0n) is 23.1. The van der Waals surface area contributed by atoms with Gasteiger partial charge in [-0.2, -0.15) is 13.1 Å². The van der Waals surface area contributed by atoms with Gasteiger partial charge in [-0.05, 0) is 44.4 Å². The summed E-state index contributed by atoms with van der Waals surface area (Å²) in [6.07, 6.45) is 1.28. The smallest absolute Gasteiger partial charge is 0.301 e. The van der Waals surface area contributed by atoms with Gasteiger partial charge in [0.2, 0.25) is 5.91 Å². The Hall–Kier alpha value is -2.69. The van der Waals surface area contributed by atoms with Crippen LogP contribution >= 0.6 is 0 Å². The molecule has 1 aliphatic rings. The Bertz CT molecular complexity index is 1140. The first-order valence-corrected chi connectivity index (χ1v) is 15.1. The van der Waals surface area contributed by atoms with Crippen LogP contribution in [0, 0.1) is 5.82 Å². The molecule has 0 radical (unpaired) electrons. The van der Waals surface area contributed by atoms with E-state index >= 15 is 4.39 Å². The first kappa shape index (κ1) is 29.9. The number of piperazine rings is 1. The van der Waals surface area contributed by atoms with Gasteiger partial charge in [0.1, 0.15) is 11.9 Å². The summed E-state index contributed by atoms with van der Waals surface area (Å²) in [7, 11) is -3.76. The van der Waals surface area contributed by atoms with Crippen LogP contribution in [0.2, 0.25) is 0 Å². The highest BCUT2D eigenvalue weighted by Crippen LogP contribution is 2.30. The molecule has 10 heteroatoms. The molecular weight excluding hydrogens is 505 g/mol. The van der Waals surface area contributed by atoms with Crippen LogP contribution < -0.4 is 13.9 Å². The highest BCUT2D eigenvalue weighted by atomic mass is 32.2. The van der Waals surface area contributed by atoms with Crippen LogP contribution in [-0.4, -0.2) is 76.5 Å². The van der Waals surface area contributed by atoms with Crippen LogP contribution in [0.15, 0.2) is 48.5 Å². The molecule has 0 aliphatic carbocycles. The van der Waals surface area contributed by atoms with Crippen LogP contribution in [0.4, 0.5) is 15.8 Å². The van der Waals surface area contributed by atoms with Crippen molar-refractivity contribution in [3.8, 4) is 0 Å². The van der Waals surface area contributed by atoms with Crippen molar-refractivity contribution >= 4 is 27.5 Å². The van der Waals surface area contributed by atoms with Crippen molar-refractivity contribution in [1.29, 1.82) is 0 Å². The van der Waals surface area contributed by atoms with Crippen LogP contribution in [0.3, 0.4) is 0 Å². The van der Waals surface area contributed by atoms with Gasteiger partial charge in [-0.3, -0.25) is 14.0 Å². The molecule has 1 atom stereocenters. The van der Waals surface area contributed by atoms with Crippen molar-refractivity contribution in [1.82, 2.24) is 14.5 Å². The average Bonchev–Trinajstić information content (AvgIpc) is 2.92. The highest BCUT2D eigenvalue weighted by molar-refractivity contribution is 7.90. The first-order chi connectivity index (χ1) is 18.3. The van der Waals surface area contributed by atoms with Crippen molar-refractivity contribution in [3.05, 3.63) is 59.9 Å². The molecule has 0 aromatic heterocycles. The minimum Gasteiger partial charge on any atom is -0.367 e. The molecule has 38 heavy (non-hydrogen) atoms. The van der Waals surface area contributed by atoms with Gasteiger partial charge in [0.25, 0.3) is 0 Å². The number of likely N-dealkylation sites (N-methyl/N-ethyl adjacent to an activating group) is 1. The van der Waals surface area contributed by atoms with E-state index in [0.717, 1.165) is 5.56 Å². The van der Waals surface area contributed by atoms with E-state index in [-0.39, 0.29) is 18.5 Å². The average molecular weight is 548 g/mol. The second-order valence-corrected chi connectivity index (χ2v) is 11.1. The molecule has 1 fully saturated rings. The van der Waals surface area contributed by atoms with Gasteiger partial charge in [-0.15, -0.1) is 0 Å². The molecule has 2 aromatic carbocycles. The molecule has 1 unspecified atom stereocenters. The molecule has 0 spiro atoms. The number of carbonyl (C=O) groups excluding carboxylic acids is 1. The minimum atomic E-state index is -3.76. The van der Waals surface area contributed by atoms with Crippen molar-refractivity contribution in [2.45, 2.75) is 46.6 Å². The summed E-state index contributed by atoms with van der Waals surface area (Å²) in [5.74, 6) is -0.374. The first-order valence-electron chi connectivity index (χ1n) is 13.7. The summed E-state index contributed by atoms with van der Waals surface area (Å²) in [6, 6.07) is 14.1. The maximum atomic E-state index is 15.4. The van der Waals surface area contributed by atoms with Gasteiger partial charge in [0.05, 0.1) is 11.4 Å². The molecule has 8 nitrogen and oxygen atoms in total. The lowest BCUT2D eigenvalue weighted by Crippen LogP contribution is -2.52.